The standard InChI is InChI=1S/C20H23N5O2/c1-5-13(3)25-18(26)16-17(22(4)20(25)27)21-19-23(11-12-24(16)19)15-9-7-14(6-2)8-10-15/h5,7-10,13H,1,6,11-12H2,2-4H3/t13-/m1/s1. The molecule has 0 amide bonds. The van der Waals surface area contributed by atoms with Crippen molar-refractivity contribution in [2.45, 2.75) is 32.9 Å². The van der Waals surface area contributed by atoms with Crippen LogP contribution >= 0.6 is 0 Å². The predicted octanol–water partition coefficient (Wildman–Crippen LogP) is 2.36. The van der Waals surface area contributed by atoms with Crippen LogP contribution in [0, 0.1) is 0 Å². The minimum Gasteiger partial charge on any atom is -0.310 e. The second-order valence-corrected chi connectivity index (χ2v) is 6.90. The van der Waals surface area contributed by atoms with Crippen LogP contribution in [-0.4, -0.2) is 25.2 Å². The Kier molecular flexibility index (Phi) is 4.02. The van der Waals surface area contributed by atoms with Crippen LogP contribution in [0.25, 0.3) is 11.2 Å². The van der Waals surface area contributed by atoms with Crippen LogP contribution in [0.5, 0.6) is 0 Å². The van der Waals surface area contributed by atoms with Crippen molar-refractivity contribution in [3.05, 3.63) is 63.3 Å². The third-order valence-corrected chi connectivity index (χ3v) is 5.35. The molecule has 140 valence electrons. The number of hydrogen-bond donors (Lipinski definition) is 0. The van der Waals surface area contributed by atoms with Crippen molar-refractivity contribution in [1.82, 2.24) is 18.7 Å². The number of anilines is 2. The third-order valence-electron chi connectivity index (χ3n) is 5.35. The van der Waals surface area contributed by atoms with E-state index in [-0.39, 0.29) is 17.3 Å². The summed E-state index contributed by atoms with van der Waals surface area (Å²) in [4.78, 5) is 32.5. The number of benzene rings is 1. The van der Waals surface area contributed by atoms with Gasteiger partial charge in [0.25, 0.3) is 5.56 Å². The maximum atomic E-state index is 13.1. The van der Waals surface area contributed by atoms with Gasteiger partial charge in [0.15, 0.2) is 11.2 Å². The molecule has 27 heavy (non-hydrogen) atoms. The zero-order chi connectivity index (χ0) is 19.3. The Morgan fingerprint density at radius 3 is 2.56 bits per heavy atom. The second kappa shape index (κ2) is 6.26. The maximum Gasteiger partial charge on any atom is 0.333 e. The highest BCUT2D eigenvalue weighted by Gasteiger charge is 2.29. The molecule has 1 atom stereocenters. The lowest BCUT2D eigenvalue weighted by Crippen LogP contribution is -2.40. The zero-order valence-corrected chi connectivity index (χ0v) is 15.8. The maximum absolute atomic E-state index is 13.1. The fourth-order valence-corrected chi connectivity index (χ4v) is 3.67. The molecule has 0 radical (unpaired) electrons. The van der Waals surface area contributed by atoms with Gasteiger partial charge in [-0.3, -0.25) is 13.9 Å². The molecule has 3 aromatic rings. The van der Waals surface area contributed by atoms with Crippen molar-refractivity contribution >= 4 is 22.8 Å². The average molecular weight is 365 g/mol. The first kappa shape index (κ1) is 17.3. The van der Waals surface area contributed by atoms with Gasteiger partial charge in [0.1, 0.15) is 0 Å². The molecule has 1 aliphatic heterocycles. The Morgan fingerprint density at radius 1 is 1.22 bits per heavy atom. The monoisotopic (exact) mass is 365 g/mol. The van der Waals surface area contributed by atoms with E-state index in [4.69, 9.17) is 0 Å². The van der Waals surface area contributed by atoms with Gasteiger partial charge in [0, 0.05) is 25.8 Å². The van der Waals surface area contributed by atoms with Crippen LogP contribution in [0.3, 0.4) is 0 Å². The fraction of sp³-hybridized carbons (Fsp3) is 0.350. The molecule has 7 nitrogen and oxygen atoms in total. The number of rotatable bonds is 4. The second-order valence-electron chi connectivity index (χ2n) is 6.90. The van der Waals surface area contributed by atoms with E-state index in [1.807, 2.05) is 4.57 Å². The van der Waals surface area contributed by atoms with E-state index in [9.17, 15) is 9.59 Å². The summed E-state index contributed by atoms with van der Waals surface area (Å²) >= 11 is 0. The van der Waals surface area contributed by atoms with E-state index < -0.39 is 0 Å². The van der Waals surface area contributed by atoms with Gasteiger partial charge in [0.2, 0.25) is 5.95 Å². The van der Waals surface area contributed by atoms with Crippen molar-refractivity contribution in [1.29, 1.82) is 0 Å². The van der Waals surface area contributed by atoms with Gasteiger partial charge in [-0.05, 0) is 31.0 Å². The first-order valence-electron chi connectivity index (χ1n) is 9.18. The van der Waals surface area contributed by atoms with Gasteiger partial charge >= 0.3 is 5.69 Å². The van der Waals surface area contributed by atoms with Gasteiger partial charge in [-0.15, -0.1) is 6.58 Å². The lowest BCUT2D eigenvalue weighted by molar-refractivity contribution is 0.572. The summed E-state index contributed by atoms with van der Waals surface area (Å²) in [7, 11) is 1.65. The number of fused-ring (bicyclic) bond motifs is 3. The van der Waals surface area contributed by atoms with E-state index in [0.29, 0.717) is 23.7 Å². The molecule has 0 fully saturated rings. The highest BCUT2D eigenvalue weighted by Crippen LogP contribution is 2.31. The number of allylic oxidation sites excluding steroid dienone is 1. The molecule has 0 N–H and O–H groups in total. The smallest absolute Gasteiger partial charge is 0.310 e. The molecule has 0 spiro atoms. The van der Waals surface area contributed by atoms with Crippen LogP contribution < -0.4 is 16.1 Å². The third kappa shape index (κ3) is 2.45. The summed E-state index contributed by atoms with van der Waals surface area (Å²) in [6.45, 7) is 9.01. The van der Waals surface area contributed by atoms with Gasteiger partial charge in [-0.1, -0.05) is 25.1 Å². The number of aryl methyl sites for hydroxylation is 2. The van der Waals surface area contributed by atoms with Crippen molar-refractivity contribution in [3.63, 3.8) is 0 Å². The molecule has 1 aliphatic rings. The Morgan fingerprint density at radius 2 is 1.93 bits per heavy atom. The normalized spacial score (nSPS) is 14.6. The number of hydrogen-bond acceptors (Lipinski definition) is 4. The summed E-state index contributed by atoms with van der Waals surface area (Å²) < 4.78 is 4.60. The van der Waals surface area contributed by atoms with Crippen LogP contribution in [0.15, 0.2) is 46.5 Å². The van der Waals surface area contributed by atoms with Crippen molar-refractivity contribution in [3.8, 4) is 0 Å². The summed E-state index contributed by atoms with van der Waals surface area (Å²) in [6.07, 6.45) is 2.58. The lowest BCUT2D eigenvalue weighted by Gasteiger charge is -2.16. The van der Waals surface area contributed by atoms with Crippen molar-refractivity contribution in [2.75, 3.05) is 11.4 Å². The molecular weight excluding hydrogens is 342 g/mol. The van der Waals surface area contributed by atoms with E-state index in [1.165, 1.54) is 14.7 Å². The SMILES string of the molecule is C=C[C@@H](C)n1c(=O)c2c(nc3n2CCN3c2ccc(CC)cc2)n(C)c1=O. The predicted molar refractivity (Wildman–Crippen MR) is 107 cm³/mol. The minimum atomic E-state index is -0.383. The van der Waals surface area contributed by atoms with Crippen molar-refractivity contribution in [2.24, 2.45) is 7.05 Å². The molecule has 0 aliphatic carbocycles. The number of nitrogens with zero attached hydrogens (tertiary/aromatic N) is 5. The largest absolute Gasteiger partial charge is 0.333 e. The molecule has 7 heteroatoms. The van der Waals surface area contributed by atoms with Gasteiger partial charge in [-0.2, -0.15) is 4.98 Å². The molecule has 0 bridgehead atoms. The van der Waals surface area contributed by atoms with Crippen LogP contribution in [0.4, 0.5) is 11.6 Å². The lowest BCUT2D eigenvalue weighted by atomic mass is 10.1. The molecule has 3 heterocycles. The number of imidazole rings is 1. The van der Waals surface area contributed by atoms with Crippen molar-refractivity contribution < 1.29 is 0 Å². The van der Waals surface area contributed by atoms with E-state index in [0.717, 1.165) is 18.7 Å². The Hall–Kier alpha value is -3.09. The van der Waals surface area contributed by atoms with Crippen LogP contribution in [-0.2, 0) is 20.0 Å². The topological polar surface area (TPSA) is 65.1 Å². The Balaban J connectivity index is 1.93. The first-order valence-corrected chi connectivity index (χ1v) is 9.18. The number of aromatic nitrogens is 4. The van der Waals surface area contributed by atoms with Gasteiger partial charge < -0.3 is 9.47 Å². The summed E-state index contributed by atoms with van der Waals surface area (Å²) in [6, 6.07) is 7.98. The van der Waals surface area contributed by atoms with Crippen LogP contribution in [0.2, 0.25) is 0 Å². The van der Waals surface area contributed by atoms with E-state index in [2.05, 4.69) is 47.7 Å². The van der Waals surface area contributed by atoms with Gasteiger partial charge in [0.05, 0.1) is 6.04 Å². The summed E-state index contributed by atoms with van der Waals surface area (Å²) in [5.41, 5.74) is 2.50. The average Bonchev–Trinajstić information content (AvgIpc) is 3.25. The fourth-order valence-electron chi connectivity index (χ4n) is 3.67. The Bertz CT molecular complexity index is 1150. The summed E-state index contributed by atoms with van der Waals surface area (Å²) in [5.74, 6) is 0.699. The van der Waals surface area contributed by atoms with Gasteiger partial charge in [-0.25, -0.2) is 4.79 Å². The first-order chi connectivity index (χ1) is 13.0. The van der Waals surface area contributed by atoms with Crippen LogP contribution in [0.1, 0.15) is 25.5 Å². The highest BCUT2D eigenvalue weighted by molar-refractivity contribution is 5.77. The minimum absolute atomic E-state index is 0.317. The van der Waals surface area contributed by atoms with E-state index >= 15 is 0 Å². The summed E-state index contributed by atoms with van der Waals surface area (Å²) in [5, 5.41) is 0. The molecule has 1 aromatic carbocycles. The molecule has 0 saturated heterocycles. The quantitative estimate of drug-likeness (QED) is 0.666. The zero-order valence-electron chi connectivity index (χ0n) is 15.8. The highest BCUT2D eigenvalue weighted by atomic mass is 16.2. The molecule has 2 aromatic heterocycles. The molecule has 0 unspecified atom stereocenters. The Labute approximate surface area is 156 Å². The molecule has 4 rings (SSSR count). The van der Waals surface area contributed by atoms with E-state index in [1.54, 1.807) is 20.0 Å². The molecule has 0 saturated carbocycles. The molecular formula is C20H23N5O2.